The highest BCUT2D eigenvalue weighted by Crippen LogP contribution is 2.37. The first kappa shape index (κ1) is 12.4. The molecule has 0 bridgehead atoms. The van der Waals surface area contributed by atoms with Gasteiger partial charge in [-0.2, -0.15) is 5.26 Å². The van der Waals surface area contributed by atoms with E-state index >= 15 is 0 Å². The molecule has 0 aromatic rings. The fourth-order valence-corrected chi connectivity index (χ4v) is 2.93. The second-order valence-electron chi connectivity index (χ2n) is 5.50. The minimum Gasteiger partial charge on any atom is -0.338 e. The summed E-state index contributed by atoms with van der Waals surface area (Å²) in [5, 5.41) is 8.71. The van der Waals surface area contributed by atoms with Gasteiger partial charge in [0.1, 0.15) is 0 Å². The van der Waals surface area contributed by atoms with E-state index in [9.17, 15) is 4.79 Å². The summed E-state index contributed by atoms with van der Waals surface area (Å²) in [4.78, 5) is 14.4. The molecular formula is C14H22N2O. The molecule has 0 radical (unpaired) electrons. The predicted octanol–water partition coefficient (Wildman–Crippen LogP) is 2.72. The van der Waals surface area contributed by atoms with Crippen molar-refractivity contribution < 1.29 is 4.79 Å². The molecule has 3 heteroatoms. The summed E-state index contributed by atoms with van der Waals surface area (Å²) in [6.45, 7) is 2.78. The Kier molecular flexibility index (Phi) is 4.04. The van der Waals surface area contributed by atoms with Crippen molar-refractivity contribution in [3.05, 3.63) is 0 Å². The lowest BCUT2D eigenvalue weighted by molar-refractivity contribution is -0.137. The van der Waals surface area contributed by atoms with Crippen LogP contribution in [0.3, 0.4) is 0 Å². The summed E-state index contributed by atoms with van der Waals surface area (Å²) in [5.74, 6) is 1.26. The van der Waals surface area contributed by atoms with Gasteiger partial charge in [0, 0.05) is 18.5 Å². The fourth-order valence-electron chi connectivity index (χ4n) is 2.93. The van der Waals surface area contributed by atoms with E-state index in [-0.39, 0.29) is 5.92 Å². The molecule has 0 saturated heterocycles. The van der Waals surface area contributed by atoms with Crippen LogP contribution in [0.4, 0.5) is 0 Å². The normalized spacial score (nSPS) is 22.1. The standard InChI is InChI=1S/C14H22N2O/c1-11(12-7-8-12)16(10-4-9-15)14(17)13-5-2-3-6-13/h11-13H,2-8,10H2,1H3/t11-/m0/s1. The van der Waals surface area contributed by atoms with Crippen LogP contribution in [0, 0.1) is 23.2 Å². The molecule has 3 nitrogen and oxygen atoms in total. The van der Waals surface area contributed by atoms with Crippen molar-refractivity contribution in [2.45, 2.75) is 57.9 Å². The molecular weight excluding hydrogens is 212 g/mol. The Balaban J connectivity index is 1.97. The zero-order valence-electron chi connectivity index (χ0n) is 10.7. The molecule has 2 fully saturated rings. The van der Waals surface area contributed by atoms with E-state index in [1.807, 2.05) is 4.90 Å². The Morgan fingerprint density at radius 3 is 2.53 bits per heavy atom. The minimum atomic E-state index is 0.245. The summed E-state index contributed by atoms with van der Waals surface area (Å²) >= 11 is 0. The van der Waals surface area contributed by atoms with Crippen LogP contribution >= 0.6 is 0 Å². The zero-order chi connectivity index (χ0) is 12.3. The van der Waals surface area contributed by atoms with Crippen molar-refractivity contribution in [1.29, 1.82) is 5.26 Å². The summed E-state index contributed by atoms with van der Waals surface area (Å²) in [5.41, 5.74) is 0. The first-order chi connectivity index (χ1) is 8.24. The topological polar surface area (TPSA) is 44.1 Å². The maximum Gasteiger partial charge on any atom is 0.225 e. The van der Waals surface area contributed by atoms with Crippen LogP contribution < -0.4 is 0 Å². The van der Waals surface area contributed by atoms with Gasteiger partial charge in [0.25, 0.3) is 0 Å². The van der Waals surface area contributed by atoms with E-state index in [0.29, 0.717) is 30.8 Å². The van der Waals surface area contributed by atoms with Gasteiger partial charge in [0.05, 0.1) is 12.5 Å². The summed E-state index contributed by atoms with van der Waals surface area (Å²) in [6.07, 6.45) is 7.47. The monoisotopic (exact) mass is 234 g/mol. The Morgan fingerprint density at radius 2 is 2.00 bits per heavy atom. The van der Waals surface area contributed by atoms with Gasteiger partial charge in [0.2, 0.25) is 5.91 Å². The van der Waals surface area contributed by atoms with Gasteiger partial charge in [0.15, 0.2) is 0 Å². The summed E-state index contributed by atoms with van der Waals surface area (Å²) in [6, 6.07) is 2.51. The Morgan fingerprint density at radius 1 is 1.35 bits per heavy atom. The van der Waals surface area contributed by atoms with Crippen molar-refractivity contribution in [1.82, 2.24) is 4.90 Å². The third-order valence-electron chi connectivity index (χ3n) is 4.25. The summed E-state index contributed by atoms with van der Waals surface area (Å²) < 4.78 is 0. The van der Waals surface area contributed by atoms with Crippen molar-refractivity contribution >= 4 is 5.91 Å². The van der Waals surface area contributed by atoms with Crippen molar-refractivity contribution in [2.75, 3.05) is 6.54 Å². The average molecular weight is 234 g/mol. The van der Waals surface area contributed by atoms with Crippen molar-refractivity contribution in [2.24, 2.45) is 11.8 Å². The Labute approximate surface area is 104 Å². The first-order valence-corrected chi connectivity index (χ1v) is 6.91. The van der Waals surface area contributed by atoms with Gasteiger partial charge in [-0.25, -0.2) is 0 Å². The first-order valence-electron chi connectivity index (χ1n) is 6.91. The molecule has 0 aromatic heterocycles. The second kappa shape index (κ2) is 5.53. The van der Waals surface area contributed by atoms with Crippen LogP contribution in [0.1, 0.15) is 51.9 Å². The van der Waals surface area contributed by atoms with Crippen LogP contribution in [0.5, 0.6) is 0 Å². The third-order valence-corrected chi connectivity index (χ3v) is 4.25. The molecule has 17 heavy (non-hydrogen) atoms. The molecule has 0 N–H and O–H groups in total. The highest BCUT2D eigenvalue weighted by molar-refractivity contribution is 5.79. The lowest BCUT2D eigenvalue weighted by Gasteiger charge is -2.31. The van der Waals surface area contributed by atoms with E-state index in [0.717, 1.165) is 12.8 Å². The maximum atomic E-state index is 12.4. The number of nitriles is 1. The highest BCUT2D eigenvalue weighted by atomic mass is 16.2. The molecule has 0 aliphatic heterocycles. The quantitative estimate of drug-likeness (QED) is 0.734. The molecule has 2 aliphatic carbocycles. The molecule has 1 atom stereocenters. The second-order valence-corrected chi connectivity index (χ2v) is 5.50. The predicted molar refractivity (Wildman–Crippen MR) is 66.1 cm³/mol. The lowest BCUT2D eigenvalue weighted by atomic mass is 10.0. The largest absolute Gasteiger partial charge is 0.338 e. The SMILES string of the molecule is C[C@@H](C1CC1)N(CCC#N)C(=O)C1CCCC1. The molecule has 2 rings (SSSR count). The van der Waals surface area contributed by atoms with Crippen molar-refractivity contribution in [3.8, 4) is 6.07 Å². The molecule has 94 valence electrons. The number of carbonyl (C=O) groups is 1. The van der Waals surface area contributed by atoms with Gasteiger partial charge in [-0.3, -0.25) is 4.79 Å². The van der Waals surface area contributed by atoms with E-state index in [2.05, 4.69) is 13.0 Å². The molecule has 0 spiro atoms. The van der Waals surface area contributed by atoms with Crippen molar-refractivity contribution in [3.63, 3.8) is 0 Å². The lowest BCUT2D eigenvalue weighted by Crippen LogP contribution is -2.43. The van der Waals surface area contributed by atoms with Gasteiger partial charge in [-0.1, -0.05) is 12.8 Å². The number of hydrogen-bond acceptors (Lipinski definition) is 2. The summed E-state index contributed by atoms with van der Waals surface area (Å²) in [7, 11) is 0. The van der Waals surface area contributed by atoms with E-state index in [1.54, 1.807) is 0 Å². The average Bonchev–Trinajstić information content (AvgIpc) is 3.04. The number of carbonyl (C=O) groups excluding carboxylic acids is 1. The minimum absolute atomic E-state index is 0.245. The maximum absolute atomic E-state index is 12.4. The van der Waals surface area contributed by atoms with E-state index in [4.69, 9.17) is 5.26 Å². The third kappa shape index (κ3) is 3.00. The number of rotatable bonds is 5. The molecule has 1 amide bonds. The van der Waals surface area contributed by atoms with E-state index in [1.165, 1.54) is 25.7 Å². The van der Waals surface area contributed by atoms with Gasteiger partial charge >= 0.3 is 0 Å². The van der Waals surface area contributed by atoms with Gasteiger partial charge in [-0.05, 0) is 38.5 Å². The van der Waals surface area contributed by atoms with E-state index < -0.39 is 0 Å². The zero-order valence-corrected chi connectivity index (χ0v) is 10.7. The fraction of sp³-hybridized carbons (Fsp3) is 0.857. The molecule has 2 aliphatic rings. The van der Waals surface area contributed by atoms with Crippen LogP contribution in [0.2, 0.25) is 0 Å². The molecule has 0 unspecified atom stereocenters. The van der Waals surface area contributed by atoms with Crippen LogP contribution in [-0.4, -0.2) is 23.4 Å². The highest BCUT2D eigenvalue weighted by Gasteiger charge is 2.36. The van der Waals surface area contributed by atoms with Gasteiger partial charge < -0.3 is 4.90 Å². The Bertz CT molecular complexity index is 311. The van der Waals surface area contributed by atoms with Gasteiger partial charge in [-0.15, -0.1) is 0 Å². The van der Waals surface area contributed by atoms with Crippen LogP contribution in [0.25, 0.3) is 0 Å². The van der Waals surface area contributed by atoms with Crippen LogP contribution in [0.15, 0.2) is 0 Å². The number of amides is 1. The number of hydrogen-bond donors (Lipinski definition) is 0. The smallest absolute Gasteiger partial charge is 0.225 e. The number of nitrogens with zero attached hydrogens (tertiary/aromatic N) is 2. The molecule has 0 heterocycles. The van der Waals surface area contributed by atoms with Crippen LogP contribution in [-0.2, 0) is 4.79 Å². The molecule has 2 saturated carbocycles. The Hall–Kier alpha value is -1.04. The molecule has 0 aromatic carbocycles.